The van der Waals surface area contributed by atoms with E-state index in [-0.39, 0.29) is 22.3 Å². The van der Waals surface area contributed by atoms with Crippen LogP contribution < -0.4 is 4.72 Å². The Hall–Kier alpha value is -2.39. The molecule has 32 heavy (non-hydrogen) atoms. The SMILES string of the molecule is [2H]c1c([2H])c([2H])c(-c2cc(-c3c([2H])c([2H])c([2H])c([2H])c3[2H])c([N]Sc3cc(Cl)cc(Cl)c3)c(C(C)(C)C)c2)c([2H])c1[2H]. The first-order valence-corrected chi connectivity index (χ1v) is 11.2. The van der Waals surface area contributed by atoms with Crippen LogP contribution in [0.15, 0.2) is 95.7 Å². The van der Waals surface area contributed by atoms with Crippen LogP contribution in [0.3, 0.4) is 0 Å². The molecule has 0 aliphatic rings. The van der Waals surface area contributed by atoms with Crippen LogP contribution in [0, 0.1) is 0 Å². The molecule has 0 bridgehead atoms. The minimum absolute atomic E-state index is 0.0825. The molecule has 0 heterocycles. The minimum atomic E-state index is -0.656. The van der Waals surface area contributed by atoms with Gasteiger partial charge in [0.15, 0.2) is 0 Å². The molecule has 0 spiro atoms. The van der Waals surface area contributed by atoms with Crippen molar-refractivity contribution in [2.45, 2.75) is 31.1 Å². The second-order valence-electron chi connectivity index (χ2n) is 7.96. The summed E-state index contributed by atoms with van der Waals surface area (Å²) >= 11 is 13.4. The first kappa shape index (κ1) is 13.3. The number of nitrogens with zero attached hydrogens (tertiary/aromatic N) is 1. The van der Waals surface area contributed by atoms with Gasteiger partial charge in [0.05, 0.1) is 19.4 Å². The van der Waals surface area contributed by atoms with E-state index in [4.69, 9.17) is 41.6 Å². The predicted molar refractivity (Wildman–Crippen MR) is 140 cm³/mol. The van der Waals surface area contributed by atoms with E-state index in [9.17, 15) is 0 Å². The molecule has 0 amide bonds. The van der Waals surface area contributed by atoms with Crippen LogP contribution in [0.4, 0.5) is 5.69 Å². The van der Waals surface area contributed by atoms with Crippen LogP contribution in [-0.2, 0) is 5.41 Å². The van der Waals surface area contributed by atoms with Gasteiger partial charge in [-0.25, -0.2) is 4.72 Å². The highest BCUT2D eigenvalue weighted by molar-refractivity contribution is 7.97. The van der Waals surface area contributed by atoms with Crippen molar-refractivity contribution in [3.63, 3.8) is 0 Å². The molecule has 0 fully saturated rings. The summed E-state index contributed by atoms with van der Waals surface area (Å²) in [5.41, 5.74) is 0.324. The van der Waals surface area contributed by atoms with E-state index in [1.807, 2.05) is 20.8 Å². The zero-order valence-corrected chi connectivity index (χ0v) is 19.8. The molecular formula is C28H24Cl2NS. The van der Waals surface area contributed by atoms with E-state index < -0.39 is 65.8 Å². The predicted octanol–water partition coefficient (Wildman–Crippen LogP) is 9.57. The molecule has 0 saturated carbocycles. The van der Waals surface area contributed by atoms with E-state index in [0.29, 0.717) is 26.2 Å². The Morgan fingerprint density at radius 1 is 0.719 bits per heavy atom. The zero-order valence-electron chi connectivity index (χ0n) is 27.5. The largest absolute Gasteiger partial charge is 0.211 e. The fourth-order valence-electron chi connectivity index (χ4n) is 3.10. The van der Waals surface area contributed by atoms with Crippen LogP contribution in [0.5, 0.6) is 0 Å². The van der Waals surface area contributed by atoms with E-state index in [0.717, 1.165) is 11.9 Å². The number of hydrogen-bond acceptors (Lipinski definition) is 1. The number of rotatable bonds is 5. The molecular weight excluding hydrogens is 453 g/mol. The number of hydrogen-bond donors (Lipinski definition) is 0. The van der Waals surface area contributed by atoms with Crippen molar-refractivity contribution in [2.24, 2.45) is 0 Å². The van der Waals surface area contributed by atoms with E-state index >= 15 is 0 Å². The second-order valence-corrected chi connectivity index (χ2v) is 9.67. The third kappa shape index (κ3) is 5.32. The Bertz CT molecular complexity index is 1680. The van der Waals surface area contributed by atoms with Crippen molar-refractivity contribution in [2.75, 3.05) is 0 Å². The zero-order chi connectivity index (χ0) is 31.4. The number of benzene rings is 4. The van der Waals surface area contributed by atoms with Gasteiger partial charge in [-0.05, 0) is 58.0 Å². The summed E-state index contributed by atoms with van der Waals surface area (Å²) in [5, 5.41) is 0.775. The normalized spacial score (nSPS) is 15.8. The highest BCUT2D eigenvalue weighted by atomic mass is 35.5. The molecule has 0 atom stereocenters. The highest BCUT2D eigenvalue weighted by Gasteiger charge is 2.24. The maximum atomic E-state index is 8.69. The van der Waals surface area contributed by atoms with Crippen molar-refractivity contribution in [1.82, 2.24) is 4.72 Å². The maximum Gasteiger partial charge on any atom is 0.0833 e. The molecule has 4 heteroatoms. The van der Waals surface area contributed by atoms with E-state index in [1.54, 1.807) is 24.3 Å². The number of halogens is 2. The van der Waals surface area contributed by atoms with E-state index in [1.165, 1.54) is 6.07 Å². The molecule has 0 unspecified atom stereocenters. The van der Waals surface area contributed by atoms with Gasteiger partial charge < -0.3 is 0 Å². The Balaban J connectivity index is 2.14. The summed E-state index contributed by atoms with van der Waals surface area (Å²) in [5.74, 6) is 0. The molecule has 0 N–H and O–H groups in total. The lowest BCUT2D eigenvalue weighted by Gasteiger charge is -2.26. The fourth-order valence-corrected chi connectivity index (χ4v) is 4.51. The first-order chi connectivity index (χ1) is 19.4. The highest BCUT2D eigenvalue weighted by Crippen LogP contribution is 2.43. The Morgan fingerprint density at radius 3 is 1.84 bits per heavy atom. The Labute approximate surface area is 219 Å². The molecule has 4 rings (SSSR count). The Morgan fingerprint density at radius 2 is 1.28 bits per heavy atom. The Kier molecular flexibility index (Phi) is 4.01. The van der Waals surface area contributed by atoms with Gasteiger partial charge in [-0.15, -0.1) is 0 Å². The molecule has 4 aromatic carbocycles. The smallest absolute Gasteiger partial charge is 0.0833 e. The van der Waals surface area contributed by atoms with Crippen LogP contribution >= 0.6 is 35.1 Å². The molecule has 4 aromatic rings. The van der Waals surface area contributed by atoms with Crippen molar-refractivity contribution in [3.05, 3.63) is 106 Å². The van der Waals surface area contributed by atoms with Gasteiger partial charge in [-0.2, -0.15) is 0 Å². The van der Waals surface area contributed by atoms with Gasteiger partial charge in [-0.3, -0.25) is 0 Å². The maximum absolute atomic E-state index is 8.69. The topological polar surface area (TPSA) is 14.1 Å². The molecule has 0 aromatic heterocycles. The van der Waals surface area contributed by atoms with Crippen LogP contribution in [-0.4, -0.2) is 0 Å². The first-order valence-electron chi connectivity index (χ1n) is 14.6. The lowest BCUT2D eigenvalue weighted by atomic mass is 9.81. The summed E-state index contributed by atoms with van der Waals surface area (Å²) in [6.45, 7) is 5.67. The van der Waals surface area contributed by atoms with Crippen molar-refractivity contribution in [3.8, 4) is 22.3 Å². The summed E-state index contributed by atoms with van der Waals surface area (Å²) in [6, 6.07) is 2.98. The van der Waals surface area contributed by atoms with Gasteiger partial charge >= 0.3 is 0 Å². The monoisotopic (exact) mass is 486 g/mol. The van der Waals surface area contributed by atoms with Gasteiger partial charge in [0.2, 0.25) is 0 Å². The van der Waals surface area contributed by atoms with Crippen LogP contribution in [0.25, 0.3) is 22.3 Å². The average Bonchev–Trinajstić information content (AvgIpc) is 2.91. The van der Waals surface area contributed by atoms with Crippen molar-refractivity contribution in [1.29, 1.82) is 0 Å². The third-order valence-electron chi connectivity index (χ3n) is 4.55. The lowest BCUT2D eigenvalue weighted by molar-refractivity contribution is 0.591. The summed E-state index contributed by atoms with van der Waals surface area (Å²) < 4.78 is 88.2. The third-order valence-corrected chi connectivity index (χ3v) is 5.71. The summed E-state index contributed by atoms with van der Waals surface area (Å²) in [7, 11) is 0. The second kappa shape index (κ2) is 9.62. The summed E-state index contributed by atoms with van der Waals surface area (Å²) in [6.07, 6.45) is 0. The van der Waals surface area contributed by atoms with Crippen molar-refractivity contribution >= 4 is 40.8 Å². The molecule has 0 aliphatic carbocycles. The van der Waals surface area contributed by atoms with Crippen molar-refractivity contribution < 1.29 is 13.7 Å². The van der Waals surface area contributed by atoms with Crippen LogP contribution in [0.2, 0.25) is 10.0 Å². The average molecular weight is 488 g/mol. The summed E-state index contributed by atoms with van der Waals surface area (Å²) in [4.78, 5) is 0.592. The fraction of sp³-hybridized carbons (Fsp3) is 0.143. The molecule has 1 radical (unpaired) electrons. The molecule has 161 valence electrons. The molecule has 1 nitrogen and oxygen atoms in total. The van der Waals surface area contributed by atoms with Crippen LogP contribution in [0.1, 0.15) is 40.0 Å². The quantitative estimate of drug-likeness (QED) is 0.256. The lowest BCUT2D eigenvalue weighted by Crippen LogP contribution is -2.14. The molecule has 0 aliphatic heterocycles. The van der Waals surface area contributed by atoms with E-state index in [2.05, 4.69) is 0 Å². The van der Waals surface area contributed by atoms with Gasteiger partial charge in [0, 0.05) is 32.5 Å². The van der Waals surface area contributed by atoms with Gasteiger partial charge in [-0.1, -0.05) is 104 Å². The minimum Gasteiger partial charge on any atom is -0.211 e. The molecule has 0 saturated heterocycles. The van der Waals surface area contributed by atoms with Gasteiger partial charge in [0.25, 0.3) is 0 Å². The van der Waals surface area contributed by atoms with Gasteiger partial charge in [0.1, 0.15) is 0 Å². The standard InChI is InChI=1S/C28H24Cl2NS/c1-28(2,3)26-15-21(19-10-6-4-7-11-19)14-25(20-12-8-5-9-13-20)27(26)31-32-24-17-22(29)16-23(30)18-24/h4-18H,1-3H3/i4D,5D,6D,7D,8D,9D,10D,11D,12D,13D.